The SMILES string of the molecule is O=C(NCc1cccnc1)c1cc2n(n1)CCCN(Cc1ccccc1)C2. The van der Waals surface area contributed by atoms with E-state index in [2.05, 4.69) is 44.6 Å². The fourth-order valence-electron chi connectivity index (χ4n) is 3.39. The average molecular weight is 361 g/mol. The molecule has 0 atom stereocenters. The van der Waals surface area contributed by atoms with Crippen molar-refractivity contribution < 1.29 is 4.79 Å². The van der Waals surface area contributed by atoms with Gasteiger partial charge in [0.15, 0.2) is 5.69 Å². The van der Waals surface area contributed by atoms with Crippen LogP contribution in [-0.2, 0) is 26.2 Å². The summed E-state index contributed by atoms with van der Waals surface area (Å²) in [6, 6.07) is 16.2. The molecule has 0 spiro atoms. The van der Waals surface area contributed by atoms with Crippen molar-refractivity contribution in [1.29, 1.82) is 0 Å². The Morgan fingerprint density at radius 2 is 1.93 bits per heavy atom. The highest BCUT2D eigenvalue weighted by molar-refractivity contribution is 5.92. The molecule has 0 fully saturated rings. The smallest absolute Gasteiger partial charge is 0.272 e. The van der Waals surface area contributed by atoms with E-state index in [0.29, 0.717) is 12.2 Å². The lowest BCUT2D eigenvalue weighted by molar-refractivity contribution is 0.0945. The van der Waals surface area contributed by atoms with Crippen LogP contribution >= 0.6 is 0 Å². The maximum Gasteiger partial charge on any atom is 0.272 e. The predicted octanol–water partition coefficient (Wildman–Crippen LogP) is 2.61. The molecule has 6 heteroatoms. The van der Waals surface area contributed by atoms with Crippen molar-refractivity contribution in [2.45, 2.75) is 32.6 Å². The zero-order valence-corrected chi connectivity index (χ0v) is 15.2. The highest BCUT2D eigenvalue weighted by atomic mass is 16.1. The third-order valence-electron chi connectivity index (χ3n) is 4.75. The summed E-state index contributed by atoms with van der Waals surface area (Å²) in [4.78, 5) is 18.9. The van der Waals surface area contributed by atoms with Gasteiger partial charge in [0.05, 0.1) is 5.69 Å². The fourth-order valence-corrected chi connectivity index (χ4v) is 3.39. The molecule has 0 aliphatic carbocycles. The van der Waals surface area contributed by atoms with Gasteiger partial charge in [-0.05, 0) is 29.7 Å². The minimum Gasteiger partial charge on any atom is -0.347 e. The summed E-state index contributed by atoms with van der Waals surface area (Å²) >= 11 is 0. The summed E-state index contributed by atoms with van der Waals surface area (Å²) in [5, 5.41) is 7.45. The summed E-state index contributed by atoms with van der Waals surface area (Å²) in [6.45, 7) is 4.04. The molecule has 0 bridgehead atoms. The van der Waals surface area contributed by atoms with Crippen LogP contribution in [0.2, 0.25) is 0 Å². The fraction of sp³-hybridized carbons (Fsp3) is 0.286. The second kappa shape index (κ2) is 8.14. The maximum absolute atomic E-state index is 12.5. The van der Waals surface area contributed by atoms with E-state index in [1.807, 2.05) is 28.9 Å². The van der Waals surface area contributed by atoms with Gasteiger partial charge in [0.25, 0.3) is 5.91 Å². The molecule has 1 aliphatic heterocycles. The zero-order valence-electron chi connectivity index (χ0n) is 15.2. The quantitative estimate of drug-likeness (QED) is 0.759. The van der Waals surface area contributed by atoms with Gasteiger partial charge < -0.3 is 5.32 Å². The van der Waals surface area contributed by atoms with Gasteiger partial charge >= 0.3 is 0 Å². The van der Waals surface area contributed by atoms with Crippen LogP contribution < -0.4 is 5.32 Å². The largest absolute Gasteiger partial charge is 0.347 e. The van der Waals surface area contributed by atoms with Crippen molar-refractivity contribution in [3.05, 3.63) is 83.4 Å². The molecule has 4 rings (SSSR count). The first-order chi connectivity index (χ1) is 13.3. The van der Waals surface area contributed by atoms with E-state index in [-0.39, 0.29) is 5.91 Å². The number of carbonyl (C=O) groups excluding carboxylic acids is 1. The average Bonchev–Trinajstić information content (AvgIpc) is 3.01. The molecule has 3 heterocycles. The Morgan fingerprint density at radius 1 is 1.07 bits per heavy atom. The second-order valence-corrected chi connectivity index (χ2v) is 6.84. The number of hydrogen-bond acceptors (Lipinski definition) is 4. The molecule has 2 aromatic heterocycles. The standard InChI is InChI=1S/C21H23N5O/c27-21(23-14-18-8-4-9-22-13-18)20-12-19-16-25(10-5-11-26(19)24-20)15-17-6-2-1-3-7-17/h1-4,6-9,12-13H,5,10-11,14-16H2,(H,23,27). The number of pyridine rings is 1. The molecular formula is C21H23N5O. The summed E-state index contributed by atoms with van der Waals surface area (Å²) in [5.41, 5.74) is 3.85. The molecule has 3 aromatic rings. The van der Waals surface area contributed by atoms with Gasteiger partial charge in [-0.2, -0.15) is 5.10 Å². The van der Waals surface area contributed by atoms with Gasteiger partial charge in [0, 0.05) is 45.1 Å². The third kappa shape index (κ3) is 4.41. The normalized spacial score (nSPS) is 14.4. The van der Waals surface area contributed by atoms with Gasteiger partial charge in [0.1, 0.15) is 0 Å². The van der Waals surface area contributed by atoms with Crippen molar-refractivity contribution in [2.24, 2.45) is 0 Å². The number of aromatic nitrogens is 3. The number of hydrogen-bond donors (Lipinski definition) is 1. The molecule has 0 saturated heterocycles. The first kappa shape index (κ1) is 17.4. The minimum atomic E-state index is -0.144. The van der Waals surface area contributed by atoms with Crippen molar-refractivity contribution in [3.63, 3.8) is 0 Å². The van der Waals surface area contributed by atoms with E-state index in [1.54, 1.807) is 12.4 Å². The van der Waals surface area contributed by atoms with Crippen molar-refractivity contribution in [2.75, 3.05) is 6.54 Å². The maximum atomic E-state index is 12.5. The number of carbonyl (C=O) groups is 1. The Balaban J connectivity index is 1.41. The number of aryl methyl sites for hydroxylation is 1. The molecule has 6 nitrogen and oxygen atoms in total. The number of nitrogens with one attached hydrogen (secondary N) is 1. The second-order valence-electron chi connectivity index (χ2n) is 6.84. The molecule has 1 amide bonds. The lowest BCUT2D eigenvalue weighted by Crippen LogP contribution is -2.24. The van der Waals surface area contributed by atoms with Crippen LogP contribution in [0.5, 0.6) is 0 Å². The van der Waals surface area contributed by atoms with E-state index >= 15 is 0 Å². The van der Waals surface area contributed by atoms with Crippen molar-refractivity contribution >= 4 is 5.91 Å². The van der Waals surface area contributed by atoms with Crippen molar-refractivity contribution in [3.8, 4) is 0 Å². The minimum absolute atomic E-state index is 0.144. The molecule has 27 heavy (non-hydrogen) atoms. The monoisotopic (exact) mass is 361 g/mol. The summed E-state index contributed by atoms with van der Waals surface area (Å²) in [5.74, 6) is -0.144. The Labute approximate surface area is 158 Å². The van der Waals surface area contributed by atoms with Crippen LogP contribution in [0.25, 0.3) is 0 Å². The van der Waals surface area contributed by atoms with Crippen LogP contribution in [-0.4, -0.2) is 32.1 Å². The van der Waals surface area contributed by atoms with E-state index in [9.17, 15) is 4.79 Å². The van der Waals surface area contributed by atoms with Gasteiger partial charge in [-0.15, -0.1) is 0 Å². The number of rotatable bonds is 5. The number of amides is 1. The Morgan fingerprint density at radius 3 is 2.74 bits per heavy atom. The molecule has 0 saturated carbocycles. The lowest BCUT2D eigenvalue weighted by atomic mass is 10.2. The van der Waals surface area contributed by atoms with Gasteiger partial charge in [-0.3, -0.25) is 19.4 Å². The Kier molecular flexibility index (Phi) is 5.25. The van der Waals surface area contributed by atoms with Crippen LogP contribution in [0.4, 0.5) is 0 Å². The van der Waals surface area contributed by atoms with E-state index < -0.39 is 0 Å². The Bertz CT molecular complexity index is 891. The number of benzene rings is 1. The summed E-state index contributed by atoms with van der Waals surface area (Å²) in [7, 11) is 0. The van der Waals surface area contributed by atoms with E-state index in [1.165, 1.54) is 5.56 Å². The molecular weight excluding hydrogens is 338 g/mol. The number of fused-ring (bicyclic) bond motifs is 1. The van der Waals surface area contributed by atoms with Crippen LogP contribution in [0.15, 0.2) is 60.9 Å². The van der Waals surface area contributed by atoms with Gasteiger partial charge in [-0.1, -0.05) is 36.4 Å². The van der Waals surface area contributed by atoms with Crippen LogP contribution in [0.3, 0.4) is 0 Å². The first-order valence-corrected chi connectivity index (χ1v) is 9.28. The topological polar surface area (TPSA) is 63.1 Å². The van der Waals surface area contributed by atoms with Crippen LogP contribution in [0.1, 0.15) is 33.7 Å². The van der Waals surface area contributed by atoms with Gasteiger partial charge in [0.2, 0.25) is 0 Å². The van der Waals surface area contributed by atoms with E-state index in [0.717, 1.165) is 43.9 Å². The molecule has 1 aromatic carbocycles. The lowest BCUT2D eigenvalue weighted by Gasteiger charge is -2.19. The molecule has 0 radical (unpaired) electrons. The summed E-state index contributed by atoms with van der Waals surface area (Å²) in [6.07, 6.45) is 4.50. The molecule has 1 N–H and O–H groups in total. The van der Waals surface area contributed by atoms with Crippen molar-refractivity contribution in [1.82, 2.24) is 25.0 Å². The molecule has 1 aliphatic rings. The molecule has 138 valence electrons. The third-order valence-corrected chi connectivity index (χ3v) is 4.75. The Hall–Kier alpha value is -2.99. The predicted molar refractivity (Wildman–Crippen MR) is 103 cm³/mol. The highest BCUT2D eigenvalue weighted by Gasteiger charge is 2.19. The number of nitrogens with zero attached hydrogens (tertiary/aromatic N) is 4. The first-order valence-electron chi connectivity index (χ1n) is 9.28. The van der Waals surface area contributed by atoms with E-state index in [4.69, 9.17) is 0 Å². The van der Waals surface area contributed by atoms with Gasteiger partial charge in [-0.25, -0.2) is 0 Å². The van der Waals surface area contributed by atoms with Crippen LogP contribution in [0, 0.1) is 0 Å². The highest BCUT2D eigenvalue weighted by Crippen LogP contribution is 2.16. The molecule has 0 unspecified atom stereocenters. The zero-order chi connectivity index (χ0) is 18.5. The summed E-state index contributed by atoms with van der Waals surface area (Å²) < 4.78 is 1.98.